The largest absolute Gasteiger partial charge is 0.372 e. The summed E-state index contributed by atoms with van der Waals surface area (Å²) in [6.07, 6.45) is 0.652. The molecule has 0 radical (unpaired) electrons. The third-order valence-corrected chi connectivity index (χ3v) is 2.94. The van der Waals surface area contributed by atoms with Gasteiger partial charge in [-0.25, -0.2) is 0 Å². The Morgan fingerprint density at radius 1 is 1.40 bits per heavy atom. The van der Waals surface area contributed by atoms with Crippen LogP contribution in [0.2, 0.25) is 0 Å². The van der Waals surface area contributed by atoms with Gasteiger partial charge in [-0.1, -0.05) is 6.92 Å². The monoisotopic (exact) mass is 142 g/mol. The molecule has 0 aliphatic carbocycles. The highest BCUT2D eigenvalue weighted by molar-refractivity contribution is 5.01. The Balaban J connectivity index is 2.26. The van der Waals surface area contributed by atoms with Crippen LogP contribution in [0.5, 0.6) is 0 Å². The summed E-state index contributed by atoms with van der Waals surface area (Å²) in [5.41, 5.74) is 0.0179. The first-order chi connectivity index (χ1) is 4.63. The van der Waals surface area contributed by atoms with E-state index in [1.807, 2.05) is 0 Å². The van der Waals surface area contributed by atoms with Gasteiger partial charge in [-0.2, -0.15) is 0 Å². The molecule has 0 amide bonds. The zero-order valence-electron chi connectivity index (χ0n) is 6.76. The second-order valence-corrected chi connectivity index (χ2v) is 3.70. The SMILES string of the molecule is CC1OC2(C)CO[C@H]1[C@@H]2C. The fourth-order valence-electron chi connectivity index (χ4n) is 2.06. The molecule has 2 rings (SSSR count). The summed E-state index contributed by atoms with van der Waals surface area (Å²) >= 11 is 0. The number of hydrogen-bond donors (Lipinski definition) is 0. The van der Waals surface area contributed by atoms with Crippen molar-refractivity contribution in [2.75, 3.05) is 6.61 Å². The standard InChI is InChI=1S/C8H14O2/c1-5-7-6(2)10-8(5,3)4-9-7/h5-7H,4H2,1-3H3/t5-,6?,7-,8?/m0/s1. The van der Waals surface area contributed by atoms with Crippen molar-refractivity contribution in [2.45, 2.75) is 38.6 Å². The fourth-order valence-corrected chi connectivity index (χ4v) is 2.06. The highest BCUT2D eigenvalue weighted by atomic mass is 16.6. The molecule has 2 nitrogen and oxygen atoms in total. The van der Waals surface area contributed by atoms with Gasteiger partial charge in [-0.3, -0.25) is 0 Å². The van der Waals surface area contributed by atoms with E-state index < -0.39 is 0 Å². The van der Waals surface area contributed by atoms with Crippen molar-refractivity contribution in [3.05, 3.63) is 0 Å². The summed E-state index contributed by atoms with van der Waals surface area (Å²) in [7, 11) is 0. The first-order valence-corrected chi connectivity index (χ1v) is 3.93. The van der Waals surface area contributed by atoms with Crippen LogP contribution in [0.1, 0.15) is 20.8 Å². The highest BCUT2D eigenvalue weighted by Crippen LogP contribution is 2.43. The van der Waals surface area contributed by atoms with Gasteiger partial charge in [-0.05, 0) is 13.8 Å². The maximum Gasteiger partial charge on any atom is 0.0942 e. The van der Waals surface area contributed by atoms with Gasteiger partial charge in [0.25, 0.3) is 0 Å². The van der Waals surface area contributed by atoms with Gasteiger partial charge in [0.15, 0.2) is 0 Å². The van der Waals surface area contributed by atoms with Crippen molar-refractivity contribution in [2.24, 2.45) is 5.92 Å². The Hall–Kier alpha value is -0.0800. The summed E-state index contributed by atoms with van der Waals surface area (Å²) in [6, 6.07) is 0. The number of rotatable bonds is 0. The third kappa shape index (κ3) is 0.611. The molecular formula is C8H14O2. The van der Waals surface area contributed by atoms with Crippen LogP contribution < -0.4 is 0 Å². The molecule has 2 unspecified atom stereocenters. The number of ether oxygens (including phenoxy) is 2. The van der Waals surface area contributed by atoms with E-state index in [0.29, 0.717) is 18.1 Å². The molecule has 0 aromatic rings. The van der Waals surface area contributed by atoms with E-state index in [1.54, 1.807) is 0 Å². The molecule has 2 aliphatic heterocycles. The van der Waals surface area contributed by atoms with Crippen LogP contribution >= 0.6 is 0 Å². The van der Waals surface area contributed by atoms with Gasteiger partial charge in [0, 0.05) is 5.92 Å². The van der Waals surface area contributed by atoms with Crippen molar-refractivity contribution >= 4 is 0 Å². The van der Waals surface area contributed by atoms with Crippen LogP contribution in [0, 0.1) is 5.92 Å². The summed E-state index contributed by atoms with van der Waals surface area (Å²) in [4.78, 5) is 0. The van der Waals surface area contributed by atoms with Crippen LogP contribution in [-0.4, -0.2) is 24.4 Å². The topological polar surface area (TPSA) is 18.5 Å². The minimum Gasteiger partial charge on any atom is -0.372 e. The summed E-state index contributed by atoms with van der Waals surface area (Å²) < 4.78 is 11.3. The van der Waals surface area contributed by atoms with Crippen LogP contribution in [0.4, 0.5) is 0 Å². The normalized spacial score (nSPS) is 59.7. The molecule has 10 heavy (non-hydrogen) atoms. The van der Waals surface area contributed by atoms with E-state index in [4.69, 9.17) is 9.47 Å². The lowest BCUT2D eigenvalue weighted by molar-refractivity contribution is -0.128. The molecule has 4 atom stereocenters. The van der Waals surface area contributed by atoms with E-state index >= 15 is 0 Å². The quantitative estimate of drug-likeness (QED) is 0.506. The zero-order chi connectivity index (χ0) is 7.35. The molecule has 2 fully saturated rings. The molecule has 2 heterocycles. The average molecular weight is 142 g/mol. The third-order valence-electron chi connectivity index (χ3n) is 2.94. The molecule has 2 aliphatic rings. The first kappa shape index (κ1) is 6.62. The molecule has 58 valence electrons. The Kier molecular flexibility index (Phi) is 1.15. The van der Waals surface area contributed by atoms with E-state index in [0.717, 1.165) is 6.61 Å². The summed E-state index contributed by atoms with van der Waals surface area (Å²) in [5, 5.41) is 0. The first-order valence-electron chi connectivity index (χ1n) is 3.93. The lowest BCUT2D eigenvalue weighted by Gasteiger charge is -2.25. The van der Waals surface area contributed by atoms with Crippen molar-refractivity contribution in [3.63, 3.8) is 0 Å². The maximum atomic E-state index is 5.73. The van der Waals surface area contributed by atoms with E-state index in [9.17, 15) is 0 Å². The van der Waals surface area contributed by atoms with Gasteiger partial charge in [-0.15, -0.1) is 0 Å². The van der Waals surface area contributed by atoms with Gasteiger partial charge in [0.1, 0.15) is 0 Å². The predicted octanol–water partition coefficient (Wildman–Crippen LogP) is 1.20. The average Bonchev–Trinajstić information content (AvgIpc) is 2.20. The number of fused-ring (bicyclic) bond motifs is 2. The van der Waals surface area contributed by atoms with Gasteiger partial charge in [0.2, 0.25) is 0 Å². The molecule has 0 aromatic heterocycles. The second-order valence-electron chi connectivity index (χ2n) is 3.70. The van der Waals surface area contributed by atoms with E-state index in [2.05, 4.69) is 20.8 Å². The minimum atomic E-state index is 0.0179. The molecule has 0 spiro atoms. The smallest absolute Gasteiger partial charge is 0.0942 e. The maximum absolute atomic E-state index is 5.73. The Morgan fingerprint density at radius 3 is 2.30 bits per heavy atom. The molecular weight excluding hydrogens is 128 g/mol. The van der Waals surface area contributed by atoms with E-state index in [-0.39, 0.29) is 5.60 Å². The second kappa shape index (κ2) is 1.74. The summed E-state index contributed by atoms with van der Waals surface area (Å²) in [5.74, 6) is 0.572. The Morgan fingerprint density at radius 2 is 2.10 bits per heavy atom. The Labute approximate surface area is 61.5 Å². The predicted molar refractivity (Wildman–Crippen MR) is 37.9 cm³/mol. The number of hydrogen-bond acceptors (Lipinski definition) is 2. The lowest BCUT2D eigenvalue weighted by Crippen LogP contribution is -2.33. The van der Waals surface area contributed by atoms with Crippen molar-refractivity contribution in [1.29, 1.82) is 0 Å². The van der Waals surface area contributed by atoms with Gasteiger partial charge < -0.3 is 9.47 Å². The van der Waals surface area contributed by atoms with Crippen molar-refractivity contribution in [1.82, 2.24) is 0 Å². The lowest BCUT2D eigenvalue weighted by atomic mass is 9.92. The fraction of sp³-hybridized carbons (Fsp3) is 1.00. The van der Waals surface area contributed by atoms with Crippen molar-refractivity contribution in [3.8, 4) is 0 Å². The molecule has 0 saturated carbocycles. The minimum absolute atomic E-state index is 0.0179. The highest BCUT2D eigenvalue weighted by Gasteiger charge is 2.54. The Bertz CT molecular complexity index is 157. The van der Waals surface area contributed by atoms with Crippen LogP contribution in [0.25, 0.3) is 0 Å². The van der Waals surface area contributed by atoms with Crippen molar-refractivity contribution < 1.29 is 9.47 Å². The molecule has 0 aromatic carbocycles. The molecule has 0 N–H and O–H groups in total. The van der Waals surface area contributed by atoms with Crippen LogP contribution in [-0.2, 0) is 9.47 Å². The zero-order valence-corrected chi connectivity index (χ0v) is 6.76. The molecule has 2 bridgehead atoms. The molecule has 2 saturated heterocycles. The van der Waals surface area contributed by atoms with Gasteiger partial charge in [0.05, 0.1) is 24.4 Å². The van der Waals surface area contributed by atoms with E-state index in [1.165, 1.54) is 0 Å². The summed E-state index contributed by atoms with van der Waals surface area (Å²) in [6.45, 7) is 7.22. The molecule has 2 heteroatoms. The van der Waals surface area contributed by atoms with Crippen LogP contribution in [0.3, 0.4) is 0 Å². The van der Waals surface area contributed by atoms with Gasteiger partial charge >= 0.3 is 0 Å². The van der Waals surface area contributed by atoms with Crippen LogP contribution in [0.15, 0.2) is 0 Å².